The van der Waals surface area contributed by atoms with Gasteiger partial charge in [0.25, 0.3) is 0 Å². The third-order valence-corrected chi connectivity index (χ3v) is 12.2. The van der Waals surface area contributed by atoms with E-state index in [1.54, 1.807) is 13.8 Å². The zero-order chi connectivity index (χ0) is 54.4. The molecule has 400 valence electrons. The van der Waals surface area contributed by atoms with Gasteiger partial charge in [0.1, 0.15) is 54.1 Å². The molecule has 72 heavy (non-hydrogen) atoms. The summed E-state index contributed by atoms with van der Waals surface area (Å²) in [5.74, 6) is -11.4. The van der Waals surface area contributed by atoms with Crippen molar-refractivity contribution < 1.29 is 62.6 Å². The third kappa shape index (κ3) is 20.6. The number of nitrogens with zero attached hydrogens (tertiary/aromatic N) is 1. The first-order valence-electron chi connectivity index (χ1n) is 23.3. The number of likely N-dealkylation sites (tertiary alicyclic amines) is 1. The number of benzene rings is 1. The van der Waals surface area contributed by atoms with Gasteiger partial charge in [0.05, 0.1) is 13.0 Å². The molecular weight excluding hydrogens is 981 g/mol. The van der Waals surface area contributed by atoms with Crippen LogP contribution in [0.25, 0.3) is 0 Å². The molecule has 1 fully saturated rings. The lowest BCUT2D eigenvalue weighted by Crippen LogP contribution is -2.61. The molecule has 0 radical (unpaired) electrons. The van der Waals surface area contributed by atoms with Gasteiger partial charge in [0.2, 0.25) is 70.9 Å². The highest BCUT2D eigenvalue weighted by Crippen LogP contribution is 2.20. The standard InChI is InChI=1S/C45H70N12O13S2/c1-6-23(4)37(56-41(66)29(17-25-9-11-26(59)12-10-25)52-42(67)31(20-71)50-24(5)58)44(69)51-27(13-14-34(46)60)39(64)53-30(18-35(47)61)40(65)55-32(21-72)45(70)57-15-7-8-33(57)43(68)54-28(16-22(2)3)38(63)49-19-36(48)62/h9-12,22-23,27-33,37,59,71-72H,6-8,13-21H2,1-5H3,(H2,46,60)(H2,47,61)(H2,48,62)(H,49,63)(H,50,58)(H,51,69)(H,52,67)(H,53,64)(H,54,68)(H,55,65)(H,56,66)/t23-,27-,28-,29-,30-,31-,32-,33-,37-/m0/s1. The summed E-state index contributed by atoms with van der Waals surface area (Å²) in [5.41, 5.74) is 16.5. The minimum atomic E-state index is -1.78. The van der Waals surface area contributed by atoms with E-state index in [1.165, 1.54) is 36.1 Å². The number of nitrogens with one attached hydrogen (secondary N) is 8. The second kappa shape index (κ2) is 30.3. The number of nitrogens with two attached hydrogens (primary N) is 3. The maximum Gasteiger partial charge on any atom is 0.246 e. The summed E-state index contributed by atoms with van der Waals surface area (Å²) in [6.45, 7) is 7.75. The van der Waals surface area contributed by atoms with Crippen molar-refractivity contribution in [3.05, 3.63) is 29.8 Å². The lowest BCUT2D eigenvalue weighted by molar-refractivity contribution is -0.142. The van der Waals surface area contributed by atoms with Crippen molar-refractivity contribution in [3.63, 3.8) is 0 Å². The van der Waals surface area contributed by atoms with E-state index in [0.717, 1.165) is 0 Å². The Morgan fingerprint density at radius 2 is 1.22 bits per heavy atom. The number of hydrogen-bond donors (Lipinski definition) is 14. The number of primary amides is 3. The first-order valence-corrected chi connectivity index (χ1v) is 24.6. The molecule has 1 heterocycles. The fourth-order valence-corrected chi connectivity index (χ4v) is 7.98. The molecule has 0 unspecified atom stereocenters. The van der Waals surface area contributed by atoms with Gasteiger partial charge in [-0.25, -0.2) is 0 Å². The quantitative estimate of drug-likeness (QED) is 0.0328. The van der Waals surface area contributed by atoms with Crippen LogP contribution < -0.4 is 59.7 Å². The third-order valence-electron chi connectivity index (χ3n) is 11.4. The van der Waals surface area contributed by atoms with Gasteiger partial charge in [0.15, 0.2) is 0 Å². The summed E-state index contributed by atoms with van der Waals surface area (Å²) in [7, 11) is 0. The molecule has 0 saturated carbocycles. The highest BCUT2D eigenvalue weighted by molar-refractivity contribution is 7.80. The number of rotatable bonds is 30. The molecule has 1 aromatic rings. The van der Waals surface area contributed by atoms with Crippen molar-refractivity contribution in [2.75, 3.05) is 24.6 Å². The van der Waals surface area contributed by atoms with Crippen LogP contribution in [-0.2, 0) is 64.0 Å². The highest BCUT2D eigenvalue weighted by Gasteiger charge is 2.40. The van der Waals surface area contributed by atoms with Crippen LogP contribution in [-0.4, -0.2) is 154 Å². The lowest BCUT2D eigenvalue weighted by atomic mass is 9.96. The van der Waals surface area contributed by atoms with Gasteiger partial charge < -0.3 is 69.7 Å². The number of carbonyl (C=O) groups is 12. The van der Waals surface area contributed by atoms with E-state index in [9.17, 15) is 62.6 Å². The minimum absolute atomic E-state index is 0.0668. The van der Waals surface area contributed by atoms with Gasteiger partial charge in [-0.05, 0) is 55.2 Å². The molecule has 25 nitrogen and oxygen atoms in total. The van der Waals surface area contributed by atoms with Gasteiger partial charge in [-0.2, -0.15) is 25.3 Å². The number of phenolic OH excluding ortho intramolecular Hbond substituents is 1. The maximum absolute atomic E-state index is 14.1. The summed E-state index contributed by atoms with van der Waals surface area (Å²) >= 11 is 8.37. The molecule has 1 aromatic carbocycles. The second-order valence-electron chi connectivity index (χ2n) is 17.8. The first-order chi connectivity index (χ1) is 33.8. The normalized spacial score (nSPS) is 16.4. The van der Waals surface area contributed by atoms with Gasteiger partial charge in [-0.15, -0.1) is 0 Å². The Balaban J connectivity index is 2.37. The Bertz CT molecular complexity index is 2130. The Kier molecular flexibility index (Phi) is 25.9. The molecule has 12 amide bonds. The number of aromatic hydroxyl groups is 1. The Labute approximate surface area is 428 Å². The van der Waals surface area contributed by atoms with Crippen LogP contribution in [0.2, 0.25) is 0 Å². The molecule has 0 bridgehead atoms. The van der Waals surface area contributed by atoms with Gasteiger partial charge in [-0.3, -0.25) is 57.5 Å². The smallest absolute Gasteiger partial charge is 0.246 e. The van der Waals surface area contributed by atoms with Crippen molar-refractivity contribution >= 4 is 96.1 Å². The lowest BCUT2D eigenvalue weighted by Gasteiger charge is -2.31. The van der Waals surface area contributed by atoms with Crippen LogP contribution in [0.5, 0.6) is 5.75 Å². The van der Waals surface area contributed by atoms with Gasteiger partial charge in [-0.1, -0.05) is 46.2 Å². The van der Waals surface area contributed by atoms with E-state index in [1.807, 2.05) is 13.8 Å². The number of hydrogen-bond acceptors (Lipinski definition) is 15. The van der Waals surface area contributed by atoms with E-state index >= 15 is 0 Å². The predicted molar refractivity (Wildman–Crippen MR) is 267 cm³/mol. The van der Waals surface area contributed by atoms with Crippen LogP contribution in [0.3, 0.4) is 0 Å². The summed E-state index contributed by atoms with van der Waals surface area (Å²) in [4.78, 5) is 158. The van der Waals surface area contributed by atoms with Crippen LogP contribution in [0.4, 0.5) is 0 Å². The van der Waals surface area contributed by atoms with Crippen molar-refractivity contribution in [1.29, 1.82) is 0 Å². The average molecular weight is 1050 g/mol. The van der Waals surface area contributed by atoms with Crippen LogP contribution in [0, 0.1) is 11.8 Å². The second-order valence-corrected chi connectivity index (χ2v) is 18.6. The van der Waals surface area contributed by atoms with Gasteiger partial charge >= 0.3 is 0 Å². The molecule has 1 aliphatic heterocycles. The fraction of sp³-hybridized carbons (Fsp3) is 0.600. The monoisotopic (exact) mass is 1050 g/mol. The SMILES string of the molecule is CC[C@H](C)[C@H](NC(=O)[C@H](Cc1ccc(O)cc1)NC(=O)[C@H](CS)NC(C)=O)C(=O)N[C@@H](CCC(N)=O)C(=O)N[C@@H](CC(N)=O)C(=O)N[C@@H](CS)C(=O)N1CCC[C@H]1C(=O)N[C@@H](CC(C)C)C(=O)NCC(N)=O. The number of amides is 12. The van der Waals surface area contributed by atoms with Crippen molar-refractivity contribution in [1.82, 2.24) is 47.4 Å². The Hall–Kier alpha value is -6.64. The minimum Gasteiger partial charge on any atom is -0.508 e. The zero-order valence-corrected chi connectivity index (χ0v) is 42.8. The predicted octanol–water partition coefficient (Wildman–Crippen LogP) is -3.97. The highest BCUT2D eigenvalue weighted by atomic mass is 32.1. The summed E-state index contributed by atoms with van der Waals surface area (Å²) in [5, 5.41) is 29.7. The van der Waals surface area contributed by atoms with Gasteiger partial charge in [0, 0.05) is 37.8 Å². The molecule has 9 atom stereocenters. The molecule has 0 aliphatic carbocycles. The fourth-order valence-electron chi connectivity index (χ4n) is 7.47. The Morgan fingerprint density at radius 3 is 1.76 bits per heavy atom. The van der Waals surface area contributed by atoms with Crippen LogP contribution >= 0.6 is 25.3 Å². The average Bonchev–Trinajstić information content (AvgIpc) is 3.81. The van der Waals surface area contributed by atoms with Crippen molar-refractivity contribution in [2.24, 2.45) is 29.0 Å². The van der Waals surface area contributed by atoms with Crippen molar-refractivity contribution in [2.45, 2.75) is 134 Å². The number of phenols is 1. The zero-order valence-electron chi connectivity index (χ0n) is 41.0. The van der Waals surface area contributed by atoms with Crippen LogP contribution in [0.15, 0.2) is 24.3 Å². The molecular formula is C45H70N12O13S2. The number of carbonyl (C=O) groups excluding carboxylic acids is 12. The van der Waals surface area contributed by atoms with E-state index in [-0.39, 0.29) is 49.0 Å². The maximum atomic E-state index is 14.1. The first kappa shape index (κ1) is 61.5. The topological polar surface area (TPSA) is 403 Å². The Morgan fingerprint density at radius 1 is 0.667 bits per heavy atom. The summed E-state index contributed by atoms with van der Waals surface area (Å²) in [6, 6.07) is -5.18. The largest absolute Gasteiger partial charge is 0.508 e. The summed E-state index contributed by atoms with van der Waals surface area (Å²) in [6.07, 6.45) is -0.833. The van der Waals surface area contributed by atoms with Crippen molar-refractivity contribution in [3.8, 4) is 5.75 Å². The molecule has 0 spiro atoms. The van der Waals surface area contributed by atoms with E-state index in [0.29, 0.717) is 18.4 Å². The molecule has 2 rings (SSSR count). The van der Waals surface area contributed by atoms with Crippen LogP contribution in [0.1, 0.15) is 85.1 Å². The molecule has 1 aliphatic rings. The van der Waals surface area contributed by atoms with E-state index < -0.39 is 151 Å². The molecule has 0 aromatic heterocycles. The summed E-state index contributed by atoms with van der Waals surface area (Å²) < 4.78 is 0. The van der Waals surface area contributed by atoms with E-state index in [4.69, 9.17) is 17.2 Å². The molecule has 27 heteroatoms. The van der Waals surface area contributed by atoms with E-state index in [2.05, 4.69) is 67.8 Å². The number of thiol groups is 2. The molecule has 1 saturated heterocycles. The molecule has 15 N–H and O–H groups in total.